The number of anilines is 2. The minimum absolute atomic E-state index is 0. The molecule has 2 unspecified atom stereocenters. The smallest absolute Gasteiger partial charge is 0.320 e. The van der Waals surface area contributed by atoms with Crippen molar-refractivity contribution < 1.29 is 14.1 Å². The van der Waals surface area contributed by atoms with E-state index in [2.05, 4.69) is 99.7 Å². The first-order chi connectivity index (χ1) is 27.6. The zero-order chi connectivity index (χ0) is 42.1. The number of nitrogens with zero attached hydrogens (tertiary/aromatic N) is 6. The lowest BCUT2D eigenvalue weighted by Gasteiger charge is -2.30. The third kappa shape index (κ3) is 12.8. The molecule has 13 heteroatoms. The number of benzene rings is 2. The molecule has 2 aromatic carbocycles. The molecular formula is C45H70N10O3. The number of rotatable bonds is 14. The highest BCUT2D eigenvalue weighted by molar-refractivity contribution is 5.85. The number of H-pyrrole nitrogens is 2. The number of nitrogens with two attached hydrogens (primary N) is 1. The Morgan fingerprint density at radius 1 is 0.879 bits per heavy atom. The van der Waals surface area contributed by atoms with Gasteiger partial charge in [-0.25, -0.2) is 9.97 Å². The molecular weight excluding hydrogens is 729 g/mol. The third-order valence-corrected chi connectivity index (χ3v) is 9.23. The molecule has 1 aliphatic heterocycles. The van der Waals surface area contributed by atoms with Crippen LogP contribution in [0.4, 0.5) is 12.0 Å². The van der Waals surface area contributed by atoms with Gasteiger partial charge in [-0.15, -0.1) is 0 Å². The van der Waals surface area contributed by atoms with Crippen LogP contribution in [-0.2, 0) is 16.1 Å². The molecule has 1 aliphatic rings. The SMILES string of the molecule is C.CC.CC.CC.CCCN(Cc1ncc(-c2ccc(-c3ccc(-c4cnc(C5CCCN5C(=O)C(Nc5noc(N)n5)C(C)C)[nH]4)cc3)cc2)[nH]1)C(=O)CC(C)C. The highest BCUT2D eigenvalue weighted by Crippen LogP contribution is 2.34. The van der Waals surface area contributed by atoms with Crippen molar-refractivity contribution in [3.8, 4) is 33.6 Å². The summed E-state index contributed by atoms with van der Waals surface area (Å²) in [6.45, 7) is 24.0. The van der Waals surface area contributed by atoms with Gasteiger partial charge in [0, 0.05) is 19.5 Å². The number of hydrogen-bond acceptors (Lipinski definition) is 9. The number of aromatic amines is 2. The van der Waals surface area contributed by atoms with Crippen LogP contribution in [0.1, 0.15) is 127 Å². The van der Waals surface area contributed by atoms with Crippen LogP contribution in [0, 0.1) is 11.8 Å². The van der Waals surface area contributed by atoms with E-state index in [4.69, 9.17) is 15.2 Å². The normalized spacial score (nSPS) is 13.6. The van der Waals surface area contributed by atoms with Crippen molar-refractivity contribution in [1.82, 2.24) is 39.9 Å². The molecule has 0 saturated carbocycles. The second-order valence-corrected chi connectivity index (χ2v) is 14.0. The summed E-state index contributed by atoms with van der Waals surface area (Å²) in [6, 6.07) is 16.0. The van der Waals surface area contributed by atoms with Crippen LogP contribution >= 0.6 is 0 Å². The molecule has 1 saturated heterocycles. The maximum absolute atomic E-state index is 13.7. The molecule has 58 heavy (non-hydrogen) atoms. The lowest BCUT2D eigenvalue weighted by atomic mass is 10.0. The monoisotopic (exact) mass is 799 g/mol. The van der Waals surface area contributed by atoms with E-state index in [0.29, 0.717) is 32.0 Å². The van der Waals surface area contributed by atoms with Crippen molar-refractivity contribution in [2.45, 2.75) is 128 Å². The van der Waals surface area contributed by atoms with E-state index in [1.54, 1.807) is 0 Å². The Labute approximate surface area is 347 Å². The fourth-order valence-electron chi connectivity index (χ4n) is 6.59. The highest BCUT2D eigenvalue weighted by atomic mass is 16.5. The number of nitrogen functional groups attached to an aromatic ring is 1. The molecule has 318 valence electrons. The average Bonchev–Trinajstić information content (AvgIpc) is 4.07. The third-order valence-electron chi connectivity index (χ3n) is 9.23. The van der Waals surface area contributed by atoms with Crippen LogP contribution in [0.2, 0.25) is 0 Å². The topological polar surface area (TPSA) is 175 Å². The number of likely N-dealkylation sites (tertiary alicyclic amines) is 1. The van der Waals surface area contributed by atoms with Crippen molar-refractivity contribution >= 4 is 23.8 Å². The first-order valence-corrected chi connectivity index (χ1v) is 20.8. The Balaban J connectivity index is 0.00000158. The van der Waals surface area contributed by atoms with Gasteiger partial charge in [0.15, 0.2) is 0 Å². The van der Waals surface area contributed by atoms with Gasteiger partial charge >= 0.3 is 6.01 Å². The van der Waals surface area contributed by atoms with Gasteiger partial charge < -0.3 is 35.3 Å². The summed E-state index contributed by atoms with van der Waals surface area (Å²) in [7, 11) is 0. The first kappa shape index (κ1) is 48.7. The number of hydrogen-bond donors (Lipinski definition) is 4. The molecule has 6 rings (SSSR count). The Morgan fingerprint density at radius 3 is 1.95 bits per heavy atom. The second kappa shape index (κ2) is 24.3. The number of carbonyl (C=O) groups excluding carboxylic acids is 2. The van der Waals surface area contributed by atoms with Gasteiger partial charge in [-0.05, 0) is 58.5 Å². The summed E-state index contributed by atoms with van der Waals surface area (Å²) in [4.78, 5) is 50.4. The van der Waals surface area contributed by atoms with Crippen molar-refractivity contribution in [2.75, 3.05) is 24.1 Å². The molecule has 0 spiro atoms. The summed E-state index contributed by atoms with van der Waals surface area (Å²) in [6.07, 6.45) is 6.83. The Bertz CT molecular complexity index is 1910. The molecule has 3 aromatic heterocycles. The quantitative estimate of drug-likeness (QED) is 0.0852. The van der Waals surface area contributed by atoms with Gasteiger partial charge in [-0.3, -0.25) is 9.59 Å². The zero-order valence-corrected chi connectivity index (χ0v) is 36.0. The van der Waals surface area contributed by atoms with E-state index < -0.39 is 6.04 Å². The van der Waals surface area contributed by atoms with Crippen LogP contribution in [0.25, 0.3) is 33.6 Å². The van der Waals surface area contributed by atoms with Crippen molar-refractivity contribution in [3.05, 3.63) is 72.6 Å². The summed E-state index contributed by atoms with van der Waals surface area (Å²) in [5.41, 5.74) is 11.6. The van der Waals surface area contributed by atoms with Crippen molar-refractivity contribution in [2.24, 2.45) is 11.8 Å². The largest absolute Gasteiger partial charge is 0.351 e. The van der Waals surface area contributed by atoms with E-state index in [-0.39, 0.29) is 43.2 Å². The van der Waals surface area contributed by atoms with Gasteiger partial charge in [-0.1, -0.05) is 132 Å². The second-order valence-electron chi connectivity index (χ2n) is 14.0. The van der Waals surface area contributed by atoms with Crippen molar-refractivity contribution in [1.29, 1.82) is 0 Å². The van der Waals surface area contributed by atoms with E-state index in [9.17, 15) is 9.59 Å². The lowest BCUT2D eigenvalue weighted by Crippen LogP contribution is -2.45. The minimum Gasteiger partial charge on any atom is -0.351 e. The Hall–Kier alpha value is -5.46. The summed E-state index contributed by atoms with van der Waals surface area (Å²) in [5.74, 6) is 2.18. The summed E-state index contributed by atoms with van der Waals surface area (Å²) in [5, 5.41) is 6.90. The molecule has 5 N–H and O–H groups in total. The zero-order valence-electron chi connectivity index (χ0n) is 36.0. The number of aromatic nitrogens is 6. The molecule has 2 amide bonds. The van der Waals surface area contributed by atoms with Gasteiger partial charge in [0.1, 0.15) is 17.7 Å². The van der Waals surface area contributed by atoms with E-state index in [1.807, 2.05) is 77.6 Å². The maximum atomic E-state index is 13.7. The van der Waals surface area contributed by atoms with E-state index >= 15 is 0 Å². The number of nitrogens with one attached hydrogen (secondary N) is 3. The molecule has 5 aromatic rings. The molecule has 0 radical (unpaired) electrons. The summed E-state index contributed by atoms with van der Waals surface area (Å²) < 4.78 is 4.87. The fraction of sp³-hybridized carbons (Fsp3) is 0.511. The average molecular weight is 799 g/mol. The van der Waals surface area contributed by atoms with Crippen LogP contribution < -0.4 is 11.1 Å². The standard InChI is InChI=1S/C38H48N10O3.3C2H6.CH4/c1-6-17-47(33(49)19-23(2)3)22-32-40-20-29(42-32)27-13-9-25(10-14-27)26-11-15-28(16-12-26)30-21-41-35(43-30)31-8-7-18-48(31)36(50)34(24(4)5)44-38-45-37(39)51-46-38;3*1-2;/h9-16,20-21,23-24,31,34H,6-8,17-19,22H2,1-5H3,(H,40,42)(H,41,43)(H3,39,44,45,46);3*1-2H3;1H4. The molecule has 13 nitrogen and oxygen atoms in total. The van der Waals surface area contributed by atoms with Gasteiger partial charge in [-0.2, -0.15) is 4.98 Å². The number of carbonyl (C=O) groups is 2. The van der Waals surface area contributed by atoms with Crippen molar-refractivity contribution in [3.63, 3.8) is 0 Å². The number of amides is 2. The Kier molecular flexibility index (Phi) is 20.4. The van der Waals surface area contributed by atoms with Crippen LogP contribution in [0.3, 0.4) is 0 Å². The van der Waals surface area contributed by atoms with E-state index in [0.717, 1.165) is 64.6 Å². The van der Waals surface area contributed by atoms with Crippen LogP contribution in [-0.4, -0.2) is 70.8 Å². The molecule has 4 heterocycles. The lowest BCUT2D eigenvalue weighted by molar-refractivity contribution is -0.134. The predicted octanol–water partition coefficient (Wildman–Crippen LogP) is 10.4. The van der Waals surface area contributed by atoms with Gasteiger partial charge in [0.05, 0.1) is 36.4 Å². The van der Waals surface area contributed by atoms with E-state index in [1.165, 1.54) is 0 Å². The molecule has 2 atom stereocenters. The Morgan fingerprint density at radius 2 is 1.43 bits per heavy atom. The predicted molar refractivity (Wildman–Crippen MR) is 238 cm³/mol. The first-order valence-electron chi connectivity index (χ1n) is 20.8. The fourth-order valence-corrected chi connectivity index (χ4v) is 6.59. The minimum atomic E-state index is -0.538. The van der Waals surface area contributed by atoms with Gasteiger partial charge in [0.25, 0.3) is 5.95 Å². The molecule has 0 bridgehead atoms. The number of imidazole rings is 2. The molecule has 0 aliphatic carbocycles. The van der Waals surface area contributed by atoms with Gasteiger partial charge in [0.2, 0.25) is 11.8 Å². The molecule has 1 fully saturated rings. The highest BCUT2D eigenvalue weighted by Gasteiger charge is 2.37. The summed E-state index contributed by atoms with van der Waals surface area (Å²) >= 11 is 0. The maximum Gasteiger partial charge on any atom is 0.320 e. The van der Waals surface area contributed by atoms with Crippen LogP contribution in [0.15, 0.2) is 65.4 Å². The van der Waals surface area contributed by atoms with Crippen LogP contribution in [0.5, 0.6) is 0 Å².